The lowest BCUT2D eigenvalue weighted by atomic mass is 9.77. The summed E-state index contributed by atoms with van der Waals surface area (Å²) in [5, 5.41) is 46.8. The summed E-state index contributed by atoms with van der Waals surface area (Å²) in [6, 6.07) is -0.725. The molecule has 4 N–H and O–H groups in total. The number of aliphatic hydroxyl groups excluding tert-OH is 2. The number of aliphatic hydroxyl groups is 4. The van der Waals surface area contributed by atoms with Crippen LogP contribution in [-0.4, -0.2) is 149 Å². The zero-order valence-electron chi connectivity index (χ0n) is 32.9. The van der Waals surface area contributed by atoms with Gasteiger partial charge in [0.1, 0.15) is 23.9 Å². The average Bonchev–Trinajstić information content (AvgIpc) is 3.46. The molecule has 0 aliphatic carbocycles. The van der Waals surface area contributed by atoms with Crippen LogP contribution in [0.5, 0.6) is 0 Å². The first-order valence-electron chi connectivity index (χ1n) is 18.7. The molecule has 3 saturated heterocycles. The van der Waals surface area contributed by atoms with Crippen molar-refractivity contribution in [2.24, 2.45) is 22.7 Å². The van der Waals surface area contributed by atoms with Crippen LogP contribution in [0.1, 0.15) is 94.9 Å². The van der Waals surface area contributed by atoms with E-state index in [1.807, 2.05) is 53.6 Å². The zero-order chi connectivity index (χ0) is 38.4. The van der Waals surface area contributed by atoms with Crippen molar-refractivity contribution in [2.45, 2.75) is 185 Å². The Morgan fingerprint density at radius 1 is 0.961 bits per heavy atom. The molecule has 0 aromatic heterocycles. The summed E-state index contributed by atoms with van der Waals surface area (Å²) in [4.78, 5) is 20.9. The molecule has 0 radical (unpaired) electrons. The van der Waals surface area contributed by atoms with Crippen molar-refractivity contribution < 1.29 is 58.4 Å². The van der Waals surface area contributed by atoms with Gasteiger partial charge in [-0.3, -0.25) is 4.79 Å². The Kier molecular flexibility index (Phi) is 13.4. The molecule has 1 unspecified atom stereocenters. The smallest absolute Gasteiger partial charge is 0.311 e. The largest absolute Gasteiger partial charge is 0.472 e. The highest BCUT2D eigenvalue weighted by molar-refractivity contribution is 5.80. The Balaban J connectivity index is 1.82. The number of fused-ring (bicyclic) bond motifs is 2. The summed E-state index contributed by atoms with van der Waals surface area (Å²) in [7, 11) is 5.28. The van der Waals surface area contributed by atoms with Gasteiger partial charge < -0.3 is 58.5 Å². The molecule has 4 heterocycles. The molecular formula is C37H66N2O12. The molecule has 51 heavy (non-hydrogen) atoms. The maximum absolute atomic E-state index is 14.2. The summed E-state index contributed by atoms with van der Waals surface area (Å²) in [5.41, 5.74) is -4.22. The van der Waals surface area contributed by atoms with E-state index in [-0.39, 0.29) is 25.0 Å². The van der Waals surface area contributed by atoms with Crippen LogP contribution in [0.15, 0.2) is 4.99 Å². The zero-order valence-corrected chi connectivity index (χ0v) is 32.9. The first-order valence-corrected chi connectivity index (χ1v) is 18.7. The topological polar surface area (TPSA) is 178 Å². The van der Waals surface area contributed by atoms with Gasteiger partial charge in [0.15, 0.2) is 24.6 Å². The van der Waals surface area contributed by atoms with Crippen LogP contribution in [0.3, 0.4) is 0 Å². The summed E-state index contributed by atoms with van der Waals surface area (Å²) in [6.45, 7) is 17.7. The second-order valence-electron chi connectivity index (χ2n) is 16.6. The number of methoxy groups -OCH3 is 1. The van der Waals surface area contributed by atoms with Crippen molar-refractivity contribution >= 4 is 11.9 Å². The predicted molar refractivity (Wildman–Crippen MR) is 188 cm³/mol. The van der Waals surface area contributed by atoms with Gasteiger partial charge in [0, 0.05) is 31.4 Å². The third kappa shape index (κ3) is 8.76. The molecule has 0 saturated carbocycles. The predicted octanol–water partition coefficient (Wildman–Crippen LogP) is 2.41. The lowest BCUT2D eigenvalue weighted by Gasteiger charge is -2.49. The van der Waals surface area contributed by atoms with E-state index in [9.17, 15) is 25.2 Å². The monoisotopic (exact) mass is 730 g/mol. The second-order valence-corrected chi connectivity index (χ2v) is 16.6. The number of ether oxygens (including phenoxy) is 7. The third-order valence-electron chi connectivity index (χ3n) is 11.8. The molecular weight excluding hydrogens is 664 g/mol. The molecule has 14 nitrogen and oxygen atoms in total. The highest BCUT2D eigenvalue weighted by Gasteiger charge is 2.54. The van der Waals surface area contributed by atoms with Crippen LogP contribution in [0.25, 0.3) is 0 Å². The highest BCUT2D eigenvalue weighted by Crippen LogP contribution is 2.41. The molecule has 3 fully saturated rings. The summed E-state index contributed by atoms with van der Waals surface area (Å²) < 4.78 is 43.9. The average molecular weight is 731 g/mol. The molecule has 14 heteroatoms. The van der Waals surface area contributed by atoms with E-state index in [1.165, 1.54) is 7.11 Å². The SMILES string of the molecule is CC[C@H]1OC(=O)[C@H](C)[C@@H](O[C@H]2C[C@@](C)(OC)[C@@H](O)[C@H](C)O2)[C@H](C)[C@@H](OC2O[C@H](C)C[C@H](N(C)C)[C@H]2O)[C@@](C)(O)C[C@@H](C)C2=N[C@H](C)[C@@H](O2)[C@]1(C)O. The van der Waals surface area contributed by atoms with E-state index >= 15 is 0 Å². The van der Waals surface area contributed by atoms with E-state index in [1.54, 1.807) is 34.6 Å². The number of hydrogen-bond donors (Lipinski definition) is 4. The molecule has 4 aliphatic heterocycles. The number of nitrogens with zero attached hydrogens (tertiary/aromatic N) is 2. The number of hydrogen-bond acceptors (Lipinski definition) is 14. The molecule has 296 valence electrons. The summed E-state index contributed by atoms with van der Waals surface area (Å²) in [6.07, 6.45) is -7.58. The van der Waals surface area contributed by atoms with Crippen LogP contribution in [-0.2, 0) is 38.0 Å². The second kappa shape index (κ2) is 16.1. The number of esters is 1. The minimum absolute atomic E-state index is 0.117. The minimum Gasteiger partial charge on any atom is -0.472 e. The number of likely N-dealkylation sites (N-methyl/N-ethyl adjacent to an activating group) is 1. The van der Waals surface area contributed by atoms with Gasteiger partial charge in [-0.05, 0) is 81.8 Å². The van der Waals surface area contributed by atoms with Crippen LogP contribution in [0, 0.1) is 17.8 Å². The van der Waals surface area contributed by atoms with Gasteiger partial charge in [-0.25, -0.2) is 4.99 Å². The van der Waals surface area contributed by atoms with Gasteiger partial charge in [-0.1, -0.05) is 20.8 Å². The van der Waals surface area contributed by atoms with Crippen molar-refractivity contribution in [3.8, 4) is 0 Å². The van der Waals surface area contributed by atoms with E-state index in [0.29, 0.717) is 18.7 Å². The molecule has 0 spiro atoms. The Bertz CT molecular complexity index is 1220. The first-order chi connectivity index (χ1) is 23.6. The fraction of sp³-hybridized carbons (Fsp3) is 0.946. The summed E-state index contributed by atoms with van der Waals surface area (Å²) in [5.74, 6) is -2.40. The van der Waals surface area contributed by atoms with Crippen molar-refractivity contribution in [1.29, 1.82) is 0 Å². The fourth-order valence-electron chi connectivity index (χ4n) is 8.66. The van der Waals surface area contributed by atoms with E-state index < -0.39 is 102 Å². The van der Waals surface area contributed by atoms with Crippen molar-refractivity contribution in [3.63, 3.8) is 0 Å². The maximum Gasteiger partial charge on any atom is 0.311 e. The van der Waals surface area contributed by atoms with Gasteiger partial charge in [0.2, 0.25) is 0 Å². The fourth-order valence-corrected chi connectivity index (χ4v) is 8.66. The Labute approximate surface area is 304 Å². The van der Waals surface area contributed by atoms with Gasteiger partial charge in [-0.15, -0.1) is 0 Å². The Hall–Kier alpha value is -1.46. The third-order valence-corrected chi connectivity index (χ3v) is 11.8. The molecule has 0 amide bonds. The van der Waals surface area contributed by atoms with E-state index in [2.05, 4.69) is 0 Å². The van der Waals surface area contributed by atoms with Gasteiger partial charge in [0.25, 0.3) is 0 Å². The van der Waals surface area contributed by atoms with Crippen LogP contribution in [0.2, 0.25) is 0 Å². The quantitative estimate of drug-likeness (QED) is 0.281. The first kappa shape index (κ1) is 42.3. The maximum atomic E-state index is 14.2. The van der Waals surface area contributed by atoms with Crippen molar-refractivity contribution in [2.75, 3.05) is 21.2 Å². The van der Waals surface area contributed by atoms with Crippen LogP contribution in [0.4, 0.5) is 0 Å². The number of aliphatic imine (C=N–C) groups is 1. The molecule has 0 aromatic carbocycles. The lowest BCUT2D eigenvalue weighted by molar-refractivity contribution is -0.318. The Morgan fingerprint density at radius 2 is 1.61 bits per heavy atom. The normalized spacial score (nSPS) is 50.3. The highest BCUT2D eigenvalue weighted by atomic mass is 16.7. The van der Waals surface area contributed by atoms with E-state index in [4.69, 9.17) is 38.2 Å². The number of carbonyl (C=O) groups excluding carboxylic acids is 1. The van der Waals surface area contributed by atoms with Crippen molar-refractivity contribution in [1.82, 2.24) is 4.90 Å². The number of cyclic esters (lactones) is 1. The lowest BCUT2D eigenvalue weighted by Crippen LogP contribution is -2.61. The van der Waals surface area contributed by atoms with Gasteiger partial charge in [-0.2, -0.15) is 0 Å². The van der Waals surface area contributed by atoms with Crippen molar-refractivity contribution in [3.05, 3.63) is 0 Å². The molecule has 4 rings (SSSR count). The molecule has 4 aliphatic rings. The molecule has 18 atom stereocenters. The number of carbonyl (C=O) groups is 1. The van der Waals surface area contributed by atoms with Gasteiger partial charge >= 0.3 is 5.97 Å². The standard InChI is InChI=1S/C37H66N2O12/c1-14-25-37(10,44)31-22(6)38-32(50-31)18(2)16-35(8,43)30(51-34-27(40)24(39(11)12)15-19(3)46-34)20(4)28(21(5)33(42)48-25)49-26-17-36(9,45-13)29(41)23(7)47-26/h18-31,34,40-41,43-44H,14-17H2,1-13H3/t18-,19-,20+,21-,22-,23+,24+,25-,26+,27-,28+,29+,30-,31-,34?,35+,36-,37-/m1/s1. The molecule has 0 aromatic rings. The van der Waals surface area contributed by atoms with Crippen LogP contribution >= 0.6 is 0 Å². The van der Waals surface area contributed by atoms with Crippen LogP contribution < -0.4 is 0 Å². The summed E-state index contributed by atoms with van der Waals surface area (Å²) >= 11 is 0. The van der Waals surface area contributed by atoms with E-state index in [0.717, 1.165) is 0 Å². The van der Waals surface area contributed by atoms with Gasteiger partial charge in [0.05, 0.1) is 47.6 Å². The minimum atomic E-state index is -1.62. The number of rotatable bonds is 7. The Morgan fingerprint density at radius 3 is 2.20 bits per heavy atom. The molecule has 2 bridgehead atoms.